The quantitative estimate of drug-likeness (QED) is 0.290. The Bertz CT molecular complexity index is 351. The number of allylic oxidation sites excluding steroid dienone is 1. The molecule has 0 radical (unpaired) electrons. The summed E-state index contributed by atoms with van der Waals surface area (Å²) in [6, 6.07) is 0. The Labute approximate surface area is 139 Å². The minimum absolute atomic E-state index is 0.221. The topological polar surface area (TPSA) is 98.0 Å². The lowest BCUT2D eigenvalue weighted by atomic mass is 10.0. The van der Waals surface area contributed by atoms with Gasteiger partial charge in [0, 0.05) is 6.42 Å². The Hall–Kier alpha value is -1.17. The van der Waals surface area contributed by atoms with E-state index in [0.29, 0.717) is 19.3 Å². The van der Waals surface area contributed by atoms with Crippen LogP contribution in [0.3, 0.4) is 0 Å². The van der Waals surface area contributed by atoms with Crippen LogP contribution in [0.5, 0.6) is 0 Å². The standard InChI is InChI=1S/C18H32O5/c1-2-3-7-11-16(20)17(21)14-13-15(19)10-8-5-4-6-9-12-18(22)23/h3,7,13-17,19-21H,2,4-6,8-12H2,1H3,(H,22,23)/b7-3-,14-13+/t15-,16+,17+/m0/s1. The molecule has 0 rings (SSSR count). The van der Waals surface area contributed by atoms with E-state index in [9.17, 15) is 20.1 Å². The van der Waals surface area contributed by atoms with E-state index >= 15 is 0 Å². The Morgan fingerprint density at radius 2 is 1.61 bits per heavy atom. The molecular weight excluding hydrogens is 296 g/mol. The molecule has 0 fully saturated rings. The van der Waals surface area contributed by atoms with E-state index in [-0.39, 0.29) is 6.42 Å². The van der Waals surface area contributed by atoms with Crippen LogP contribution in [0.15, 0.2) is 24.3 Å². The average molecular weight is 328 g/mol. The average Bonchev–Trinajstić information content (AvgIpc) is 2.51. The minimum Gasteiger partial charge on any atom is -0.481 e. The first-order valence-electron chi connectivity index (χ1n) is 8.56. The van der Waals surface area contributed by atoms with E-state index in [1.54, 1.807) is 0 Å². The predicted octanol–water partition coefficient (Wildman–Crippen LogP) is 2.80. The molecule has 0 aliphatic heterocycles. The smallest absolute Gasteiger partial charge is 0.303 e. The summed E-state index contributed by atoms with van der Waals surface area (Å²) in [4.78, 5) is 10.3. The molecule has 0 spiro atoms. The highest BCUT2D eigenvalue weighted by atomic mass is 16.4. The fourth-order valence-electron chi connectivity index (χ4n) is 2.17. The zero-order valence-electron chi connectivity index (χ0n) is 14.1. The number of aliphatic hydroxyl groups is 3. The zero-order valence-corrected chi connectivity index (χ0v) is 14.1. The van der Waals surface area contributed by atoms with Crippen LogP contribution in [0, 0.1) is 0 Å². The molecule has 5 heteroatoms. The lowest BCUT2D eigenvalue weighted by molar-refractivity contribution is -0.137. The van der Waals surface area contributed by atoms with Gasteiger partial charge in [-0.2, -0.15) is 0 Å². The highest BCUT2D eigenvalue weighted by Gasteiger charge is 2.11. The third-order valence-corrected chi connectivity index (χ3v) is 3.60. The largest absolute Gasteiger partial charge is 0.481 e. The third-order valence-electron chi connectivity index (χ3n) is 3.60. The van der Waals surface area contributed by atoms with Gasteiger partial charge in [-0.1, -0.05) is 56.9 Å². The molecule has 23 heavy (non-hydrogen) atoms. The van der Waals surface area contributed by atoms with Gasteiger partial charge in [0.25, 0.3) is 0 Å². The highest BCUT2D eigenvalue weighted by Crippen LogP contribution is 2.10. The molecular formula is C18H32O5. The van der Waals surface area contributed by atoms with E-state index in [1.807, 2.05) is 19.1 Å². The van der Waals surface area contributed by atoms with Gasteiger partial charge in [0.1, 0.15) is 0 Å². The van der Waals surface area contributed by atoms with Crippen LogP contribution in [-0.2, 0) is 4.79 Å². The maximum absolute atomic E-state index is 10.3. The van der Waals surface area contributed by atoms with Crippen LogP contribution < -0.4 is 0 Å². The van der Waals surface area contributed by atoms with Crippen molar-refractivity contribution in [1.29, 1.82) is 0 Å². The van der Waals surface area contributed by atoms with Crippen LogP contribution >= 0.6 is 0 Å². The van der Waals surface area contributed by atoms with E-state index in [4.69, 9.17) is 5.11 Å². The summed E-state index contributed by atoms with van der Waals surface area (Å²) < 4.78 is 0. The lowest BCUT2D eigenvalue weighted by Gasteiger charge is -2.13. The van der Waals surface area contributed by atoms with Crippen molar-refractivity contribution in [2.75, 3.05) is 0 Å². The molecule has 0 saturated carbocycles. The van der Waals surface area contributed by atoms with Crippen molar-refractivity contribution < 1.29 is 25.2 Å². The van der Waals surface area contributed by atoms with Crippen LogP contribution in [0.2, 0.25) is 0 Å². The van der Waals surface area contributed by atoms with Crippen molar-refractivity contribution in [2.45, 2.75) is 83.0 Å². The number of hydrogen-bond donors (Lipinski definition) is 4. The molecule has 4 N–H and O–H groups in total. The summed E-state index contributed by atoms with van der Waals surface area (Å²) in [5, 5.41) is 37.8. The van der Waals surface area contributed by atoms with Gasteiger partial charge >= 0.3 is 5.97 Å². The second-order valence-corrected chi connectivity index (χ2v) is 5.83. The van der Waals surface area contributed by atoms with Crippen LogP contribution in [-0.4, -0.2) is 44.7 Å². The third kappa shape index (κ3) is 14.2. The normalized spacial score (nSPS) is 16.0. The monoisotopic (exact) mass is 328 g/mol. The zero-order chi connectivity index (χ0) is 17.5. The first-order chi connectivity index (χ1) is 11.0. The molecule has 0 aromatic heterocycles. The van der Waals surface area contributed by atoms with Gasteiger partial charge in [-0.05, 0) is 25.7 Å². The van der Waals surface area contributed by atoms with Crippen LogP contribution in [0.1, 0.15) is 64.7 Å². The Kier molecular flexibility index (Phi) is 13.7. The summed E-state index contributed by atoms with van der Waals surface area (Å²) in [5.74, 6) is -0.753. The van der Waals surface area contributed by atoms with E-state index < -0.39 is 24.3 Å². The number of carbonyl (C=O) groups is 1. The maximum Gasteiger partial charge on any atom is 0.303 e. The first kappa shape index (κ1) is 21.8. The molecule has 134 valence electrons. The fraction of sp³-hybridized carbons (Fsp3) is 0.722. The van der Waals surface area contributed by atoms with Crippen LogP contribution in [0.4, 0.5) is 0 Å². The lowest BCUT2D eigenvalue weighted by Crippen LogP contribution is -2.23. The molecule has 0 amide bonds. The van der Waals surface area contributed by atoms with Crippen LogP contribution in [0.25, 0.3) is 0 Å². The second-order valence-electron chi connectivity index (χ2n) is 5.83. The van der Waals surface area contributed by atoms with Gasteiger partial charge in [0.15, 0.2) is 0 Å². The van der Waals surface area contributed by atoms with Crippen molar-refractivity contribution in [3.8, 4) is 0 Å². The number of carboxylic acids is 1. The van der Waals surface area contributed by atoms with E-state index in [0.717, 1.165) is 32.1 Å². The van der Waals surface area contributed by atoms with Crippen molar-refractivity contribution >= 4 is 5.97 Å². The molecule has 0 heterocycles. The SMILES string of the molecule is CC/C=C\C[C@@H](O)[C@H](O)/C=C/[C@@H](O)CCCCCCCC(=O)O. The molecule has 3 atom stereocenters. The van der Waals surface area contributed by atoms with Gasteiger partial charge in [0.05, 0.1) is 18.3 Å². The van der Waals surface area contributed by atoms with Gasteiger partial charge in [-0.25, -0.2) is 0 Å². The number of unbranched alkanes of at least 4 members (excludes halogenated alkanes) is 4. The molecule has 5 nitrogen and oxygen atoms in total. The number of aliphatic carboxylic acids is 1. The van der Waals surface area contributed by atoms with Gasteiger partial charge in [-0.15, -0.1) is 0 Å². The Morgan fingerprint density at radius 3 is 2.26 bits per heavy atom. The number of rotatable bonds is 14. The summed E-state index contributed by atoms with van der Waals surface area (Å²) >= 11 is 0. The molecule has 0 bridgehead atoms. The van der Waals surface area contributed by atoms with E-state index in [1.165, 1.54) is 12.2 Å². The van der Waals surface area contributed by atoms with Crippen molar-refractivity contribution in [3.63, 3.8) is 0 Å². The molecule has 0 aromatic rings. The summed E-state index contributed by atoms with van der Waals surface area (Å²) in [6.45, 7) is 2.00. The van der Waals surface area contributed by atoms with Gasteiger partial charge < -0.3 is 20.4 Å². The molecule has 0 unspecified atom stereocenters. The van der Waals surface area contributed by atoms with Gasteiger partial charge in [-0.3, -0.25) is 4.79 Å². The highest BCUT2D eigenvalue weighted by molar-refractivity contribution is 5.66. The molecule has 0 saturated heterocycles. The predicted molar refractivity (Wildman–Crippen MR) is 91.2 cm³/mol. The van der Waals surface area contributed by atoms with E-state index in [2.05, 4.69) is 0 Å². The summed E-state index contributed by atoms with van der Waals surface area (Å²) in [7, 11) is 0. The number of aliphatic hydroxyl groups excluding tert-OH is 3. The van der Waals surface area contributed by atoms with Crippen molar-refractivity contribution in [2.24, 2.45) is 0 Å². The fourth-order valence-corrected chi connectivity index (χ4v) is 2.17. The Balaban J connectivity index is 3.72. The number of carboxylic acid groups (broad SMARTS) is 1. The van der Waals surface area contributed by atoms with Gasteiger partial charge in [0.2, 0.25) is 0 Å². The number of hydrogen-bond acceptors (Lipinski definition) is 4. The molecule has 0 aliphatic carbocycles. The first-order valence-corrected chi connectivity index (χ1v) is 8.56. The minimum atomic E-state index is -0.970. The molecule has 0 aliphatic rings. The Morgan fingerprint density at radius 1 is 0.957 bits per heavy atom. The molecule has 0 aromatic carbocycles. The maximum atomic E-state index is 10.3. The summed E-state index contributed by atoms with van der Waals surface area (Å²) in [5.41, 5.74) is 0. The second kappa shape index (κ2) is 14.4. The summed E-state index contributed by atoms with van der Waals surface area (Å²) in [6.07, 6.45) is 10.8. The van der Waals surface area contributed by atoms with Crippen molar-refractivity contribution in [3.05, 3.63) is 24.3 Å². The van der Waals surface area contributed by atoms with Crippen molar-refractivity contribution in [1.82, 2.24) is 0 Å².